The fourth-order valence-electron chi connectivity index (χ4n) is 2.90. The molecule has 0 spiro atoms. The van der Waals surface area contributed by atoms with Gasteiger partial charge in [0.15, 0.2) is 0 Å². The third kappa shape index (κ3) is 5.64. The van der Waals surface area contributed by atoms with Crippen molar-refractivity contribution >= 4 is 35.1 Å². The average Bonchev–Trinajstić information content (AvgIpc) is 3.04. The zero-order valence-electron chi connectivity index (χ0n) is 14.8. The Labute approximate surface area is 163 Å². The van der Waals surface area contributed by atoms with Crippen LogP contribution in [0.5, 0.6) is 0 Å². The van der Waals surface area contributed by atoms with Crippen LogP contribution in [-0.4, -0.2) is 54.6 Å². The molecule has 1 saturated heterocycles. The third-order valence-electron chi connectivity index (χ3n) is 4.33. The van der Waals surface area contributed by atoms with E-state index < -0.39 is 0 Å². The van der Waals surface area contributed by atoms with Gasteiger partial charge in [0.1, 0.15) is 0 Å². The highest BCUT2D eigenvalue weighted by molar-refractivity contribution is 7.13. The molecule has 2 heterocycles. The number of hydrazone groups is 1. The number of carbonyl (C=O) groups excluding carboxylic acids is 1. The van der Waals surface area contributed by atoms with E-state index in [2.05, 4.69) is 26.4 Å². The minimum atomic E-state index is -0.0749. The summed E-state index contributed by atoms with van der Waals surface area (Å²) in [6, 6.07) is 12.0. The first-order valence-electron chi connectivity index (χ1n) is 8.66. The summed E-state index contributed by atoms with van der Waals surface area (Å²) in [7, 11) is 0. The second-order valence-corrected chi connectivity index (χ2v) is 8.11. The number of nitrogens with zero attached hydrogens (tertiary/aromatic N) is 3. The number of carbonyl (C=O) groups is 1. The molecule has 1 amide bonds. The van der Waals surface area contributed by atoms with Crippen LogP contribution in [0.4, 0.5) is 0 Å². The van der Waals surface area contributed by atoms with Crippen molar-refractivity contribution in [1.29, 1.82) is 0 Å². The zero-order chi connectivity index (χ0) is 18.4. The van der Waals surface area contributed by atoms with E-state index in [1.807, 2.05) is 37.3 Å². The summed E-state index contributed by atoms with van der Waals surface area (Å²) in [6.07, 6.45) is 1.69. The first kappa shape index (κ1) is 19.0. The highest BCUT2D eigenvalue weighted by Gasteiger charge is 2.19. The van der Waals surface area contributed by atoms with E-state index in [0.29, 0.717) is 6.54 Å². The van der Waals surface area contributed by atoms with Gasteiger partial charge in [-0.3, -0.25) is 14.6 Å². The van der Waals surface area contributed by atoms with Crippen LogP contribution < -0.4 is 5.43 Å². The lowest BCUT2D eigenvalue weighted by molar-refractivity contribution is -0.122. The van der Waals surface area contributed by atoms with Crippen molar-refractivity contribution < 1.29 is 4.79 Å². The van der Waals surface area contributed by atoms with E-state index in [4.69, 9.17) is 11.6 Å². The van der Waals surface area contributed by atoms with E-state index >= 15 is 0 Å². The summed E-state index contributed by atoms with van der Waals surface area (Å²) in [5.41, 5.74) is 3.76. The molecule has 7 heteroatoms. The van der Waals surface area contributed by atoms with Gasteiger partial charge in [0.2, 0.25) is 0 Å². The fraction of sp³-hybridized carbons (Fsp3) is 0.368. The number of aryl methyl sites for hydroxylation is 1. The van der Waals surface area contributed by atoms with Gasteiger partial charge in [-0.05, 0) is 30.7 Å². The number of hydrogen-bond acceptors (Lipinski definition) is 5. The van der Waals surface area contributed by atoms with Crippen molar-refractivity contribution in [3.05, 3.63) is 56.7 Å². The number of piperazine rings is 1. The maximum absolute atomic E-state index is 12.0. The molecule has 138 valence electrons. The van der Waals surface area contributed by atoms with Crippen molar-refractivity contribution in [2.75, 3.05) is 32.7 Å². The van der Waals surface area contributed by atoms with Gasteiger partial charge in [-0.1, -0.05) is 29.8 Å². The van der Waals surface area contributed by atoms with Gasteiger partial charge in [-0.15, -0.1) is 11.3 Å². The molecule has 26 heavy (non-hydrogen) atoms. The molecule has 0 aliphatic carbocycles. The lowest BCUT2D eigenvalue weighted by Crippen LogP contribution is -2.48. The number of amides is 1. The van der Waals surface area contributed by atoms with Gasteiger partial charge >= 0.3 is 0 Å². The monoisotopic (exact) mass is 390 g/mol. The molecule has 1 fully saturated rings. The normalized spacial score (nSPS) is 16.2. The molecule has 1 aliphatic rings. The van der Waals surface area contributed by atoms with Crippen molar-refractivity contribution in [3.63, 3.8) is 0 Å². The lowest BCUT2D eigenvalue weighted by Gasteiger charge is -2.34. The van der Waals surface area contributed by atoms with Gasteiger partial charge in [-0.2, -0.15) is 5.10 Å². The number of hydrogen-bond donors (Lipinski definition) is 1. The van der Waals surface area contributed by atoms with E-state index in [1.54, 1.807) is 17.6 Å². The molecule has 0 radical (unpaired) electrons. The Kier molecular flexibility index (Phi) is 6.80. The van der Waals surface area contributed by atoms with E-state index in [-0.39, 0.29) is 5.91 Å². The quantitative estimate of drug-likeness (QED) is 0.609. The van der Waals surface area contributed by atoms with Gasteiger partial charge in [0.05, 0.1) is 12.8 Å². The molecule has 0 saturated carbocycles. The Morgan fingerprint density at radius 1 is 1.19 bits per heavy atom. The van der Waals surface area contributed by atoms with Crippen molar-refractivity contribution in [3.8, 4) is 0 Å². The molecule has 1 N–H and O–H groups in total. The standard InChI is InChI=1S/C19H23ClN4OS/c1-15-6-7-17(26-15)12-21-22-19(25)14-24-10-8-23(9-11-24)13-16-4-2-3-5-18(16)20/h2-7,12H,8-11,13-14H2,1H3,(H,22,25). The van der Waals surface area contributed by atoms with Crippen LogP contribution >= 0.6 is 22.9 Å². The van der Waals surface area contributed by atoms with Crippen LogP contribution in [0.25, 0.3) is 0 Å². The second-order valence-electron chi connectivity index (χ2n) is 6.39. The van der Waals surface area contributed by atoms with Gasteiger partial charge in [0.25, 0.3) is 5.91 Å². The number of halogens is 1. The van der Waals surface area contributed by atoms with Crippen molar-refractivity contribution in [2.45, 2.75) is 13.5 Å². The molecule has 0 bridgehead atoms. The number of thiophene rings is 1. The summed E-state index contributed by atoms with van der Waals surface area (Å²) in [5, 5.41) is 4.85. The first-order chi connectivity index (χ1) is 12.6. The van der Waals surface area contributed by atoms with Crippen LogP contribution in [0.2, 0.25) is 5.02 Å². The summed E-state index contributed by atoms with van der Waals surface area (Å²) < 4.78 is 0. The van der Waals surface area contributed by atoms with Crippen LogP contribution in [0.3, 0.4) is 0 Å². The molecule has 1 aromatic carbocycles. The Morgan fingerprint density at radius 3 is 2.62 bits per heavy atom. The van der Waals surface area contributed by atoms with Gasteiger partial charge in [0, 0.05) is 47.5 Å². The van der Waals surface area contributed by atoms with E-state index in [1.165, 1.54) is 4.88 Å². The maximum atomic E-state index is 12.0. The molecule has 0 unspecified atom stereocenters. The smallest absolute Gasteiger partial charge is 0.254 e. The van der Waals surface area contributed by atoms with Gasteiger partial charge in [-0.25, -0.2) is 5.43 Å². The summed E-state index contributed by atoms with van der Waals surface area (Å²) in [6.45, 7) is 6.86. The summed E-state index contributed by atoms with van der Waals surface area (Å²) >= 11 is 7.88. The van der Waals surface area contributed by atoms with Crippen LogP contribution in [0.15, 0.2) is 41.5 Å². The Bertz CT molecular complexity index is 768. The highest BCUT2D eigenvalue weighted by Crippen LogP contribution is 2.17. The maximum Gasteiger partial charge on any atom is 0.254 e. The van der Waals surface area contributed by atoms with E-state index in [0.717, 1.165) is 48.2 Å². The molecule has 5 nitrogen and oxygen atoms in total. The molecule has 2 aromatic rings. The summed E-state index contributed by atoms with van der Waals surface area (Å²) in [4.78, 5) is 18.8. The Morgan fingerprint density at radius 2 is 1.92 bits per heavy atom. The molecule has 1 aliphatic heterocycles. The minimum Gasteiger partial charge on any atom is -0.296 e. The van der Waals surface area contributed by atoms with Crippen molar-refractivity contribution in [1.82, 2.24) is 15.2 Å². The number of nitrogens with one attached hydrogen (secondary N) is 1. The Balaban J connectivity index is 1.39. The largest absolute Gasteiger partial charge is 0.296 e. The molecule has 1 aromatic heterocycles. The molecule has 3 rings (SSSR count). The minimum absolute atomic E-state index is 0.0749. The topological polar surface area (TPSA) is 47.9 Å². The molecular weight excluding hydrogens is 368 g/mol. The van der Waals surface area contributed by atoms with Crippen LogP contribution in [-0.2, 0) is 11.3 Å². The predicted molar refractivity (Wildman–Crippen MR) is 108 cm³/mol. The first-order valence-corrected chi connectivity index (χ1v) is 9.86. The summed E-state index contributed by atoms with van der Waals surface area (Å²) in [5.74, 6) is -0.0749. The number of benzene rings is 1. The third-order valence-corrected chi connectivity index (χ3v) is 5.63. The number of rotatable bonds is 6. The molecular formula is C19H23ClN4OS. The average molecular weight is 391 g/mol. The lowest BCUT2D eigenvalue weighted by atomic mass is 10.2. The fourth-order valence-corrected chi connectivity index (χ4v) is 3.85. The van der Waals surface area contributed by atoms with Crippen molar-refractivity contribution in [2.24, 2.45) is 5.10 Å². The van der Waals surface area contributed by atoms with Gasteiger partial charge < -0.3 is 0 Å². The predicted octanol–water partition coefficient (Wildman–Crippen LogP) is 2.98. The Hall–Kier alpha value is -1.73. The van der Waals surface area contributed by atoms with Crippen LogP contribution in [0.1, 0.15) is 15.3 Å². The molecule has 0 atom stereocenters. The van der Waals surface area contributed by atoms with Crippen LogP contribution in [0, 0.1) is 6.92 Å². The van der Waals surface area contributed by atoms with E-state index in [9.17, 15) is 4.79 Å². The highest BCUT2D eigenvalue weighted by atomic mass is 35.5. The zero-order valence-corrected chi connectivity index (χ0v) is 16.4. The second kappa shape index (κ2) is 9.28. The SMILES string of the molecule is Cc1ccc(C=NNC(=O)CN2CCN(Cc3ccccc3Cl)CC2)s1.